The summed E-state index contributed by atoms with van der Waals surface area (Å²) in [6.45, 7) is 1.69. The second kappa shape index (κ2) is 22.2. The molecule has 4 aromatic carbocycles. The van der Waals surface area contributed by atoms with Gasteiger partial charge in [-0.1, -0.05) is 59.6 Å². The van der Waals surface area contributed by atoms with Crippen molar-refractivity contribution in [3.63, 3.8) is 0 Å². The lowest BCUT2D eigenvalue weighted by molar-refractivity contribution is -0.123. The third kappa shape index (κ3) is 12.8. The van der Waals surface area contributed by atoms with Crippen molar-refractivity contribution in [2.24, 2.45) is 0 Å². The molecule has 0 aliphatic carbocycles. The number of nitriles is 2. The smallest absolute Gasteiger partial charge is 0.246 e. The molecule has 2 aromatic heterocycles. The zero-order chi connectivity index (χ0) is 47.5. The maximum Gasteiger partial charge on any atom is 0.246 e. The van der Waals surface area contributed by atoms with Crippen LogP contribution in [0.4, 0.5) is 21.5 Å². The largest absolute Gasteiger partial charge is 0.357 e. The van der Waals surface area contributed by atoms with E-state index in [2.05, 4.69) is 22.1 Å². The quantitative estimate of drug-likeness (QED) is 0.105. The molecule has 0 radical (unpaired) electrons. The summed E-state index contributed by atoms with van der Waals surface area (Å²) in [6, 6.07) is 34.8. The monoisotopic (exact) mass is 959 g/mol. The number of hydrogen-bond acceptors (Lipinski definition) is 10. The Bertz CT molecular complexity index is 2890. The van der Waals surface area contributed by atoms with Crippen molar-refractivity contribution in [3.8, 4) is 12.1 Å². The standard InChI is InChI=1S/C26H25ClN4O3S.C24H23ClFN5O/c1-35(33,34)12-10-24-17-31(23-4-2-3-22(27)14-23)26(32)18-30(24)25-9-11-29-16-21(25)13-19-5-7-20(15-28)8-6-19;25-20-2-1-3-21(10-20)31-15-22(8-9-26)29(16-24(31)32)14-23-12-28-17-30(23)13-19-6-4-18(11-27)5-7-19/h2-9,11,14,16,24H,10,12-13,17-18H2,1H3;1-7,10,12,17,22H,8-9,13-16H2/t24-;22-/m00/s1. The van der Waals surface area contributed by atoms with Crippen LogP contribution in [-0.2, 0) is 38.9 Å². The summed E-state index contributed by atoms with van der Waals surface area (Å²) in [7, 11) is -3.19. The van der Waals surface area contributed by atoms with Crippen molar-refractivity contribution in [1.82, 2.24) is 19.4 Å². The molecule has 13 nitrogen and oxygen atoms in total. The normalized spacial score (nSPS) is 16.5. The van der Waals surface area contributed by atoms with Crippen LogP contribution >= 0.6 is 23.2 Å². The van der Waals surface area contributed by atoms with Crippen LogP contribution in [-0.4, -0.2) is 96.6 Å². The fourth-order valence-electron chi connectivity index (χ4n) is 8.30. The van der Waals surface area contributed by atoms with Gasteiger partial charge in [0.05, 0.1) is 60.8 Å². The van der Waals surface area contributed by atoms with E-state index in [4.69, 9.17) is 33.7 Å². The number of alkyl halides is 1. The first kappa shape index (κ1) is 48.3. The number of rotatable bonds is 14. The van der Waals surface area contributed by atoms with Crippen LogP contribution in [0.25, 0.3) is 0 Å². The van der Waals surface area contributed by atoms with E-state index < -0.39 is 16.5 Å². The van der Waals surface area contributed by atoms with Gasteiger partial charge in [0, 0.05) is 96.6 Å². The first-order valence-electron chi connectivity index (χ1n) is 21.6. The molecule has 2 amide bonds. The molecule has 0 N–H and O–H groups in total. The third-order valence-corrected chi connectivity index (χ3v) is 13.2. The highest BCUT2D eigenvalue weighted by Crippen LogP contribution is 2.31. The molecule has 0 unspecified atom stereocenters. The Morgan fingerprint density at radius 1 is 0.731 bits per heavy atom. The molecule has 67 heavy (non-hydrogen) atoms. The Labute approximate surface area is 400 Å². The second-order valence-corrected chi connectivity index (χ2v) is 19.6. The van der Waals surface area contributed by atoms with E-state index >= 15 is 0 Å². The number of halogens is 3. The van der Waals surface area contributed by atoms with Crippen molar-refractivity contribution in [2.75, 3.05) is 59.6 Å². The number of piperazine rings is 2. The Kier molecular flexibility index (Phi) is 16.0. The van der Waals surface area contributed by atoms with E-state index in [0.717, 1.165) is 33.8 Å². The molecule has 2 atom stereocenters. The van der Waals surface area contributed by atoms with Gasteiger partial charge in [-0.15, -0.1) is 0 Å². The number of nitrogens with zero attached hydrogens (tertiary/aromatic N) is 9. The van der Waals surface area contributed by atoms with Gasteiger partial charge < -0.3 is 19.3 Å². The Hall–Kier alpha value is -6.62. The lowest BCUT2D eigenvalue weighted by Gasteiger charge is -2.43. The lowest BCUT2D eigenvalue weighted by Crippen LogP contribution is -2.57. The lowest BCUT2D eigenvalue weighted by atomic mass is 10.0. The predicted molar refractivity (Wildman–Crippen MR) is 259 cm³/mol. The summed E-state index contributed by atoms with van der Waals surface area (Å²) in [6.07, 6.45) is 9.49. The molecule has 2 aliphatic heterocycles. The van der Waals surface area contributed by atoms with Gasteiger partial charge in [-0.2, -0.15) is 10.5 Å². The van der Waals surface area contributed by atoms with E-state index in [1.807, 2.05) is 62.9 Å². The van der Waals surface area contributed by atoms with Crippen LogP contribution in [0.3, 0.4) is 0 Å². The molecular formula is C50H48Cl2FN9O4S. The summed E-state index contributed by atoms with van der Waals surface area (Å²) in [5, 5.41) is 19.1. The van der Waals surface area contributed by atoms with Gasteiger partial charge in [0.1, 0.15) is 9.84 Å². The van der Waals surface area contributed by atoms with Crippen molar-refractivity contribution in [3.05, 3.63) is 172 Å². The van der Waals surface area contributed by atoms with Crippen LogP contribution in [0.5, 0.6) is 0 Å². The number of aromatic nitrogens is 3. The van der Waals surface area contributed by atoms with E-state index in [1.165, 1.54) is 6.26 Å². The molecule has 344 valence electrons. The van der Waals surface area contributed by atoms with E-state index in [9.17, 15) is 22.4 Å². The number of anilines is 3. The summed E-state index contributed by atoms with van der Waals surface area (Å²) in [5.74, 6) is -0.119. The summed E-state index contributed by atoms with van der Waals surface area (Å²) >= 11 is 12.3. The summed E-state index contributed by atoms with van der Waals surface area (Å²) in [4.78, 5) is 42.1. The van der Waals surface area contributed by atoms with Gasteiger partial charge in [0.25, 0.3) is 0 Å². The molecule has 6 aromatic rings. The molecule has 2 fully saturated rings. The maximum atomic E-state index is 13.4. The number of carbonyl (C=O) groups is 2. The van der Waals surface area contributed by atoms with E-state index in [1.54, 1.807) is 89.3 Å². The molecule has 17 heteroatoms. The number of amides is 2. The van der Waals surface area contributed by atoms with Gasteiger partial charge in [-0.25, -0.2) is 13.4 Å². The Balaban J connectivity index is 0.000000200. The van der Waals surface area contributed by atoms with Crippen LogP contribution in [0.1, 0.15) is 46.4 Å². The first-order chi connectivity index (χ1) is 32.3. The second-order valence-electron chi connectivity index (χ2n) is 16.5. The van der Waals surface area contributed by atoms with Gasteiger partial charge in [-0.05, 0) is 96.3 Å². The van der Waals surface area contributed by atoms with Gasteiger partial charge in [0.15, 0.2) is 0 Å². The number of imidazole rings is 1. The average Bonchev–Trinajstić information content (AvgIpc) is 3.75. The van der Waals surface area contributed by atoms with Crippen molar-refractivity contribution >= 4 is 61.9 Å². The predicted octanol–water partition coefficient (Wildman–Crippen LogP) is 7.89. The van der Waals surface area contributed by atoms with Crippen LogP contribution in [0.15, 0.2) is 128 Å². The Morgan fingerprint density at radius 3 is 1.91 bits per heavy atom. The number of pyridine rings is 1. The highest BCUT2D eigenvalue weighted by Gasteiger charge is 2.35. The van der Waals surface area contributed by atoms with Crippen LogP contribution < -0.4 is 14.7 Å². The number of sulfone groups is 1. The van der Waals surface area contributed by atoms with Crippen molar-refractivity contribution in [2.45, 2.75) is 44.4 Å². The van der Waals surface area contributed by atoms with Crippen LogP contribution in [0, 0.1) is 22.7 Å². The Morgan fingerprint density at radius 2 is 1.33 bits per heavy atom. The van der Waals surface area contributed by atoms with Crippen LogP contribution in [0.2, 0.25) is 10.0 Å². The molecule has 2 aliphatic rings. The summed E-state index contributed by atoms with van der Waals surface area (Å²) in [5.41, 5.74) is 7.40. The van der Waals surface area contributed by atoms with Gasteiger partial charge in [-0.3, -0.25) is 23.9 Å². The molecule has 2 saturated heterocycles. The number of hydrogen-bond donors (Lipinski definition) is 0. The maximum absolute atomic E-state index is 13.4. The molecular weight excluding hydrogens is 913 g/mol. The number of benzene rings is 4. The van der Waals surface area contributed by atoms with Crippen molar-refractivity contribution < 1.29 is 22.4 Å². The molecule has 0 bridgehead atoms. The van der Waals surface area contributed by atoms with E-state index in [-0.39, 0.29) is 42.7 Å². The van der Waals surface area contributed by atoms with E-state index in [0.29, 0.717) is 72.3 Å². The minimum atomic E-state index is -3.19. The highest BCUT2D eigenvalue weighted by atomic mass is 35.5. The average molecular weight is 961 g/mol. The molecule has 0 spiro atoms. The van der Waals surface area contributed by atoms with Gasteiger partial charge in [0.2, 0.25) is 11.8 Å². The highest BCUT2D eigenvalue weighted by molar-refractivity contribution is 7.90. The third-order valence-electron chi connectivity index (χ3n) is 11.8. The number of carbonyl (C=O) groups excluding carboxylic acids is 2. The fourth-order valence-corrected chi connectivity index (χ4v) is 9.37. The minimum Gasteiger partial charge on any atom is -0.357 e. The zero-order valence-electron chi connectivity index (χ0n) is 36.8. The minimum absolute atomic E-state index is 0.0157. The zero-order valence-corrected chi connectivity index (χ0v) is 39.1. The SMILES string of the molecule is CS(=O)(=O)CC[C@H]1CN(c2cccc(Cl)c2)C(=O)CN1c1ccncc1Cc1ccc(C#N)cc1.N#Cc1ccc(Cn2cncc2CN2CC(=O)N(c3cccc(Cl)c3)C[C@@H]2CCF)cc1. The fraction of sp³-hybridized carbons (Fsp3) is 0.280. The van der Waals surface area contributed by atoms with Crippen molar-refractivity contribution in [1.29, 1.82) is 10.5 Å². The molecule has 8 rings (SSSR count). The molecule has 0 saturated carbocycles. The first-order valence-corrected chi connectivity index (χ1v) is 24.4. The summed E-state index contributed by atoms with van der Waals surface area (Å²) < 4.78 is 39.4. The molecule has 4 heterocycles. The van der Waals surface area contributed by atoms with Gasteiger partial charge >= 0.3 is 0 Å². The topological polar surface area (TPSA) is 160 Å².